The number of amides is 1. The number of hydrogen-bond acceptors (Lipinski definition) is 5. The zero-order valence-corrected chi connectivity index (χ0v) is 17.2. The van der Waals surface area contributed by atoms with E-state index in [0.717, 1.165) is 30.2 Å². The van der Waals surface area contributed by atoms with Crippen LogP contribution in [0.4, 0.5) is 5.82 Å². The number of aromatic carboxylic acids is 1. The number of aryl methyl sites for hydroxylation is 1. The van der Waals surface area contributed by atoms with Gasteiger partial charge in [-0.05, 0) is 68.6 Å². The van der Waals surface area contributed by atoms with E-state index in [2.05, 4.69) is 10.4 Å². The maximum absolute atomic E-state index is 12.1. The van der Waals surface area contributed by atoms with E-state index in [1.54, 1.807) is 18.2 Å². The third kappa shape index (κ3) is 4.18. The fourth-order valence-corrected chi connectivity index (χ4v) is 4.48. The van der Waals surface area contributed by atoms with E-state index in [9.17, 15) is 9.59 Å². The van der Waals surface area contributed by atoms with E-state index in [1.165, 1.54) is 36.6 Å². The van der Waals surface area contributed by atoms with Crippen molar-refractivity contribution in [1.82, 2.24) is 15.1 Å². The minimum absolute atomic E-state index is 0.0374. The van der Waals surface area contributed by atoms with Gasteiger partial charge in [-0.3, -0.25) is 4.79 Å². The first kappa shape index (κ1) is 20.4. The number of fused-ring (bicyclic) bond motifs is 2. The molecule has 6 N–H and O–H groups in total. The molecular weight excluding hydrogens is 382 g/mol. The molecule has 1 aromatic carbocycles. The second kappa shape index (κ2) is 8.10. The van der Waals surface area contributed by atoms with Crippen LogP contribution in [-0.2, 0) is 0 Å². The van der Waals surface area contributed by atoms with Crippen LogP contribution in [0.3, 0.4) is 0 Å². The summed E-state index contributed by atoms with van der Waals surface area (Å²) >= 11 is 0. The Morgan fingerprint density at radius 3 is 2.47 bits per heavy atom. The molecule has 3 saturated carbocycles. The zero-order chi connectivity index (χ0) is 21.4. The highest BCUT2D eigenvalue weighted by molar-refractivity contribution is 5.95. The molecule has 3 aliphatic rings. The van der Waals surface area contributed by atoms with Gasteiger partial charge in [0.2, 0.25) is 0 Å². The number of nitrogen functional groups attached to an aromatic ring is 1. The highest BCUT2D eigenvalue weighted by Crippen LogP contribution is 2.43. The largest absolute Gasteiger partial charge is 0.477 e. The fraction of sp³-hybridized carbons (Fsp3) is 0.500. The molecule has 3 atom stereocenters. The summed E-state index contributed by atoms with van der Waals surface area (Å²) in [5, 5.41) is 16.0. The van der Waals surface area contributed by atoms with Gasteiger partial charge in [0.25, 0.3) is 5.91 Å². The van der Waals surface area contributed by atoms with Crippen LogP contribution in [0.5, 0.6) is 0 Å². The fourth-order valence-electron chi connectivity index (χ4n) is 4.48. The number of nitrogens with two attached hydrogens (primary N) is 2. The molecule has 8 nitrogen and oxygen atoms in total. The molecule has 2 bridgehead atoms. The molecule has 3 unspecified atom stereocenters. The number of benzene rings is 1. The van der Waals surface area contributed by atoms with Crippen LogP contribution >= 0.6 is 0 Å². The molecule has 2 aromatic rings. The van der Waals surface area contributed by atoms with E-state index < -0.39 is 5.97 Å². The number of nitrogens with zero attached hydrogens (tertiary/aromatic N) is 2. The molecule has 3 fully saturated rings. The first-order valence-electron chi connectivity index (χ1n) is 10.6. The van der Waals surface area contributed by atoms with E-state index in [-0.39, 0.29) is 23.3 Å². The second-order valence-electron chi connectivity index (χ2n) is 8.75. The quantitative estimate of drug-likeness (QED) is 0.610. The minimum Gasteiger partial charge on any atom is -0.477 e. The van der Waals surface area contributed by atoms with Crippen molar-refractivity contribution in [3.63, 3.8) is 0 Å². The van der Waals surface area contributed by atoms with Gasteiger partial charge in [-0.2, -0.15) is 5.10 Å². The summed E-state index contributed by atoms with van der Waals surface area (Å²) in [6.07, 6.45) is 8.89. The number of rotatable bonds is 4. The van der Waals surface area contributed by atoms with Crippen molar-refractivity contribution < 1.29 is 14.7 Å². The van der Waals surface area contributed by atoms with E-state index in [4.69, 9.17) is 16.6 Å². The molecule has 8 heteroatoms. The number of carbonyl (C=O) groups excluding carboxylic acids is 1. The summed E-state index contributed by atoms with van der Waals surface area (Å²) < 4.78 is 1.34. The Morgan fingerprint density at radius 2 is 1.97 bits per heavy atom. The lowest BCUT2D eigenvalue weighted by Gasteiger charge is -2.15. The van der Waals surface area contributed by atoms with Crippen LogP contribution in [0.25, 0.3) is 5.69 Å². The molecule has 0 aliphatic heterocycles. The van der Waals surface area contributed by atoms with E-state index in [0.29, 0.717) is 17.3 Å². The lowest BCUT2D eigenvalue weighted by Crippen LogP contribution is -2.26. The first-order valence-corrected chi connectivity index (χ1v) is 10.6. The number of aromatic nitrogens is 2. The number of nitrogens with one attached hydrogen (secondary N) is 1. The molecule has 1 heterocycles. The SMILES string of the molecule is Cc1ccc(C(=O)NC2CC2)cc1-n1ncc(C(=O)O)c1N.NC1CC2CCC1C2. The van der Waals surface area contributed by atoms with Crippen LogP contribution in [0.2, 0.25) is 0 Å². The first-order chi connectivity index (χ1) is 14.3. The van der Waals surface area contributed by atoms with Gasteiger partial charge >= 0.3 is 5.97 Å². The summed E-state index contributed by atoms with van der Waals surface area (Å²) in [6, 6.07) is 6.04. The van der Waals surface area contributed by atoms with Crippen molar-refractivity contribution in [2.75, 3.05) is 5.73 Å². The summed E-state index contributed by atoms with van der Waals surface area (Å²) in [4.78, 5) is 23.2. The molecular formula is C22H29N5O3. The number of anilines is 1. The third-order valence-corrected chi connectivity index (χ3v) is 6.44. The standard InChI is InChI=1S/C15H16N4O3.C7H13N/c1-8-2-3-9(14(20)18-10-4-5-10)6-12(8)19-13(16)11(7-17-19)15(21)22;8-7-4-5-1-2-6(7)3-5/h2-3,6-7,10H,4-5,16H2,1H3,(H,18,20)(H,21,22);5-7H,1-4,8H2. The van der Waals surface area contributed by atoms with Gasteiger partial charge in [0, 0.05) is 17.6 Å². The lowest BCUT2D eigenvalue weighted by molar-refractivity contribution is 0.0697. The maximum Gasteiger partial charge on any atom is 0.341 e. The van der Waals surface area contributed by atoms with Crippen molar-refractivity contribution in [2.45, 2.75) is 57.5 Å². The molecule has 30 heavy (non-hydrogen) atoms. The van der Waals surface area contributed by atoms with Gasteiger partial charge in [-0.15, -0.1) is 0 Å². The number of carbonyl (C=O) groups is 2. The molecule has 1 amide bonds. The number of carboxylic acid groups (broad SMARTS) is 1. The van der Waals surface area contributed by atoms with Crippen LogP contribution in [-0.4, -0.2) is 38.8 Å². The van der Waals surface area contributed by atoms with Gasteiger partial charge in [0.05, 0.1) is 11.9 Å². The molecule has 1 aromatic heterocycles. The Bertz CT molecular complexity index is 964. The van der Waals surface area contributed by atoms with Gasteiger partial charge in [-0.25, -0.2) is 9.48 Å². The zero-order valence-electron chi connectivity index (χ0n) is 17.2. The summed E-state index contributed by atoms with van der Waals surface area (Å²) in [6.45, 7) is 1.85. The van der Waals surface area contributed by atoms with E-state index >= 15 is 0 Å². The smallest absolute Gasteiger partial charge is 0.341 e. The van der Waals surface area contributed by atoms with Crippen molar-refractivity contribution >= 4 is 17.7 Å². The van der Waals surface area contributed by atoms with Gasteiger partial charge in [0.15, 0.2) is 0 Å². The molecule has 3 aliphatic carbocycles. The van der Waals surface area contributed by atoms with Crippen LogP contribution in [0, 0.1) is 18.8 Å². The van der Waals surface area contributed by atoms with Crippen LogP contribution < -0.4 is 16.8 Å². The summed E-state index contributed by atoms with van der Waals surface area (Å²) in [5.41, 5.74) is 13.5. The summed E-state index contributed by atoms with van der Waals surface area (Å²) in [5.74, 6) is 0.697. The average Bonchev–Trinajstić information content (AvgIpc) is 3.10. The lowest BCUT2D eigenvalue weighted by atomic mass is 9.96. The van der Waals surface area contributed by atoms with Crippen molar-refractivity contribution in [1.29, 1.82) is 0 Å². The summed E-state index contributed by atoms with van der Waals surface area (Å²) in [7, 11) is 0. The molecule has 5 rings (SSSR count). The molecule has 160 valence electrons. The van der Waals surface area contributed by atoms with Crippen molar-refractivity contribution in [2.24, 2.45) is 17.6 Å². The van der Waals surface area contributed by atoms with Crippen LogP contribution in [0.1, 0.15) is 64.8 Å². The predicted octanol–water partition coefficient (Wildman–Crippen LogP) is 2.49. The average molecular weight is 412 g/mol. The van der Waals surface area contributed by atoms with Gasteiger partial charge in [0.1, 0.15) is 11.4 Å². The third-order valence-electron chi connectivity index (χ3n) is 6.44. The van der Waals surface area contributed by atoms with Gasteiger partial charge < -0.3 is 21.9 Å². The van der Waals surface area contributed by atoms with Crippen LogP contribution in [0.15, 0.2) is 24.4 Å². The minimum atomic E-state index is -1.14. The van der Waals surface area contributed by atoms with E-state index in [1.807, 2.05) is 6.92 Å². The molecule has 0 saturated heterocycles. The Kier molecular flexibility index (Phi) is 5.51. The highest BCUT2D eigenvalue weighted by atomic mass is 16.4. The Balaban J connectivity index is 0.000000225. The topological polar surface area (TPSA) is 136 Å². The predicted molar refractivity (Wildman–Crippen MR) is 114 cm³/mol. The second-order valence-corrected chi connectivity index (χ2v) is 8.75. The van der Waals surface area contributed by atoms with Crippen molar-refractivity contribution in [3.8, 4) is 5.69 Å². The van der Waals surface area contributed by atoms with Crippen molar-refractivity contribution in [3.05, 3.63) is 41.1 Å². The number of hydrogen-bond donors (Lipinski definition) is 4. The monoisotopic (exact) mass is 411 g/mol. The number of carboxylic acids is 1. The Hall–Kier alpha value is -2.87. The molecule has 0 spiro atoms. The van der Waals surface area contributed by atoms with Gasteiger partial charge in [-0.1, -0.05) is 12.5 Å². The molecule has 0 radical (unpaired) electrons. The maximum atomic E-state index is 12.1. The Morgan fingerprint density at radius 1 is 1.20 bits per heavy atom. The highest BCUT2D eigenvalue weighted by Gasteiger charge is 2.37. The normalized spacial score (nSPS) is 24.3. The Labute approximate surface area is 175 Å².